The molecule has 2 unspecified atom stereocenters. The zero-order valence-electron chi connectivity index (χ0n) is 8.00. The second-order valence-corrected chi connectivity index (χ2v) is 3.26. The van der Waals surface area contributed by atoms with E-state index in [0.717, 1.165) is 18.2 Å². The second kappa shape index (κ2) is 4.48. The van der Waals surface area contributed by atoms with Crippen LogP contribution in [0, 0.1) is 11.6 Å². The third-order valence-corrected chi connectivity index (χ3v) is 2.25. The number of hydrogen-bond acceptors (Lipinski definition) is 2. The predicted octanol–water partition coefficient (Wildman–Crippen LogP) is 1.70. The third-order valence-electron chi connectivity index (χ3n) is 2.25. The highest BCUT2D eigenvalue weighted by Gasteiger charge is 2.17. The van der Waals surface area contributed by atoms with Gasteiger partial charge in [-0.05, 0) is 24.6 Å². The van der Waals surface area contributed by atoms with Crippen LogP contribution in [0.4, 0.5) is 8.78 Å². The van der Waals surface area contributed by atoms with E-state index in [9.17, 15) is 8.78 Å². The number of hydrogen-bond donors (Lipinski definition) is 2. The largest absolute Gasteiger partial charge is 0.326 e. The van der Waals surface area contributed by atoms with Gasteiger partial charge in [-0.1, -0.05) is 6.92 Å². The Balaban J connectivity index is 2.99. The van der Waals surface area contributed by atoms with E-state index in [1.807, 2.05) is 6.92 Å². The molecule has 0 aromatic heterocycles. The molecule has 1 rings (SSSR count). The van der Waals surface area contributed by atoms with Crippen LogP contribution in [0.25, 0.3) is 0 Å². The number of benzene rings is 1. The Kier molecular flexibility index (Phi) is 3.55. The first-order valence-corrected chi connectivity index (χ1v) is 4.52. The van der Waals surface area contributed by atoms with Crippen LogP contribution in [0.5, 0.6) is 0 Å². The van der Waals surface area contributed by atoms with Gasteiger partial charge in [-0.3, -0.25) is 0 Å². The molecular formula is C10H14F2N2. The van der Waals surface area contributed by atoms with Gasteiger partial charge in [0.05, 0.1) is 0 Å². The standard InChI is InChI=1S/C10H14F2N2/c1-2-9(13)10(14)7-5-6(11)3-4-8(7)12/h3-5,9-10H,2,13-14H2,1H3. The van der Waals surface area contributed by atoms with Crippen molar-refractivity contribution in [2.45, 2.75) is 25.4 Å². The maximum Gasteiger partial charge on any atom is 0.128 e. The lowest BCUT2D eigenvalue weighted by Gasteiger charge is -2.19. The molecule has 0 heterocycles. The van der Waals surface area contributed by atoms with Gasteiger partial charge < -0.3 is 11.5 Å². The topological polar surface area (TPSA) is 52.0 Å². The minimum atomic E-state index is -0.657. The molecule has 0 radical (unpaired) electrons. The molecule has 14 heavy (non-hydrogen) atoms. The van der Waals surface area contributed by atoms with Gasteiger partial charge in [0.25, 0.3) is 0 Å². The SMILES string of the molecule is CCC(N)C(N)c1cc(F)ccc1F. The lowest BCUT2D eigenvalue weighted by Crippen LogP contribution is -2.34. The van der Waals surface area contributed by atoms with E-state index in [1.165, 1.54) is 0 Å². The summed E-state index contributed by atoms with van der Waals surface area (Å²) in [5.74, 6) is -1.01. The Bertz CT molecular complexity index is 315. The molecule has 0 fully saturated rings. The van der Waals surface area contributed by atoms with Crippen LogP contribution < -0.4 is 11.5 Å². The molecule has 1 aromatic carbocycles. The molecule has 78 valence electrons. The van der Waals surface area contributed by atoms with Gasteiger partial charge in [0, 0.05) is 17.6 Å². The Hall–Kier alpha value is -1.00. The average Bonchev–Trinajstić information content (AvgIpc) is 2.19. The van der Waals surface area contributed by atoms with E-state index in [-0.39, 0.29) is 11.6 Å². The number of nitrogens with two attached hydrogens (primary N) is 2. The van der Waals surface area contributed by atoms with Crippen LogP contribution in [0.2, 0.25) is 0 Å². The Morgan fingerprint density at radius 1 is 1.29 bits per heavy atom. The fourth-order valence-electron chi connectivity index (χ4n) is 1.25. The highest BCUT2D eigenvalue weighted by molar-refractivity contribution is 5.23. The summed E-state index contributed by atoms with van der Waals surface area (Å²) in [5, 5.41) is 0. The summed E-state index contributed by atoms with van der Waals surface area (Å²) in [4.78, 5) is 0. The summed E-state index contributed by atoms with van der Waals surface area (Å²) in [6, 6.07) is 2.20. The van der Waals surface area contributed by atoms with Crippen molar-refractivity contribution in [2.75, 3.05) is 0 Å². The summed E-state index contributed by atoms with van der Waals surface area (Å²) in [6.07, 6.45) is 0.622. The van der Waals surface area contributed by atoms with Crippen LogP contribution >= 0.6 is 0 Å². The van der Waals surface area contributed by atoms with Crippen molar-refractivity contribution in [1.29, 1.82) is 0 Å². The van der Waals surface area contributed by atoms with Gasteiger partial charge >= 0.3 is 0 Å². The van der Waals surface area contributed by atoms with Crippen LogP contribution in [-0.4, -0.2) is 6.04 Å². The second-order valence-electron chi connectivity index (χ2n) is 3.26. The normalized spacial score (nSPS) is 15.2. The lowest BCUT2D eigenvalue weighted by atomic mass is 9.98. The monoisotopic (exact) mass is 200 g/mol. The molecular weight excluding hydrogens is 186 g/mol. The molecule has 0 saturated carbocycles. The van der Waals surface area contributed by atoms with Gasteiger partial charge in [-0.25, -0.2) is 8.78 Å². The Labute approximate surface area is 81.9 Å². The molecule has 2 nitrogen and oxygen atoms in total. The average molecular weight is 200 g/mol. The first-order valence-electron chi connectivity index (χ1n) is 4.52. The zero-order valence-corrected chi connectivity index (χ0v) is 8.00. The van der Waals surface area contributed by atoms with Crippen molar-refractivity contribution in [3.05, 3.63) is 35.4 Å². The maximum atomic E-state index is 13.2. The number of halogens is 2. The smallest absolute Gasteiger partial charge is 0.128 e. The van der Waals surface area contributed by atoms with E-state index < -0.39 is 17.7 Å². The van der Waals surface area contributed by atoms with E-state index in [4.69, 9.17) is 11.5 Å². The first-order chi connectivity index (χ1) is 6.56. The van der Waals surface area contributed by atoms with Gasteiger partial charge in [-0.2, -0.15) is 0 Å². The molecule has 0 spiro atoms. The highest BCUT2D eigenvalue weighted by Crippen LogP contribution is 2.19. The quantitative estimate of drug-likeness (QED) is 0.780. The zero-order chi connectivity index (χ0) is 10.7. The molecule has 0 aliphatic rings. The maximum absolute atomic E-state index is 13.2. The van der Waals surface area contributed by atoms with Crippen LogP contribution in [0.15, 0.2) is 18.2 Å². The van der Waals surface area contributed by atoms with E-state index in [0.29, 0.717) is 6.42 Å². The van der Waals surface area contributed by atoms with E-state index >= 15 is 0 Å². The molecule has 2 atom stereocenters. The predicted molar refractivity (Wildman–Crippen MR) is 51.6 cm³/mol. The molecule has 0 amide bonds. The van der Waals surface area contributed by atoms with Crippen molar-refractivity contribution >= 4 is 0 Å². The highest BCUT2D eigenvalue weighted by atomic mass is 19.1. The lowest BCUT2D eigenvalue weighted by molar-refractivity contribution is 0.495. The van der Waals surface area contributed by atoms with Gasteiger partial charge in [0.1, 0.15) is 11.6 Å². The summed E-state index contributed by atoms with van der Waals surface area (Å²) in [7, 11) is 0. The molecule has 1 aromatic rings. The van der Waals surface area contributed by atoms with Crippen LogP contribution in [-0.2, 0) is 0 Å². The van der Waals surface area contributed by atoms with Crippen LogP contribution in [0.1, 0.15) is 24.9 Å². The van der Waals surface area contributed by atoms with Gasteiger partial charge in [0.2, 0.25) is 0 Å². The Morgan fingerprint density at radius 3 is 2.50 bits per heavy atom. The summed E-state index contributed by atoms with van der Waals surface area (Å²) >= 11 is 0. The van der Waals surface area contributed by atoms with Crippen molar-refractivity contribution < 1.29 is 8.78 Å². The Morgan fingerprint density at radius 2 is 1.93 bits per heavy atom. The summed E-state index contributed by atoms with van der Waals surface area (Å²) < 4.78 is 26.0. The molecule has 0 aliphatic carbocycles. The molecule has 0 saturated heterocycles. The van der Waals surface area contributed by atoms with E-state index in [2.05, 4.69) is 0 Å². The molecule has 0 bridgehead atoms. The number of rotatable bonds is 3. The minimum Gasteiger partial charge on any atom is -0.326 e. The fourth-order valence-corrected chi connectivity index (χ4v) is 1.25. The summed E-state index contributed by atoms with van der Waals surface area (Å²) in [6.45, 7) is 1.85. The van der Waals surface area contributed by atoms with Gasteiger partial charge in [-0.15, -0.1) is 0 Å². The van der Waals surface area contributed by atoms with Crippen LogP contribution in [0.3, 0.4) is 0 Å². The molecule has 4 N–H and O–H groups in total. The van der Waals surface area contributed by atoms with Crippen molar-refractivity contribution in [1.82, 2.24) is 0 Å². The van der Waals surface area contributed by atoms with Crippen molar-refractivity contribution in [3.8, 4) is 0 Å². The summed E-state index contributed by atoms with van der Waals surface area (Å²) in [5.41, 5.74) is 11.5. The van der Waals surface area contributed by atoms with E-state index in [1.54, 1.807) is 0 Å². The molecule has 0 aliphatic heterocycles. The fraction of sp³-hybridized carbons (Fsp3) is 0.400. The van der Waals surface area contributed by atoms with Gasteiger partial charge in [0.15, 0.2) is 0 Å². The first kappa shape index (κ1) is 11.1. The minimum absolute atomic E-state index is 0.138. The third kappa shape index (κ3) is 2.27. The van der Waals surface area contributed by atoms with Crippen molar-refractivity contribution in [2.24, 2.45) is 11.5 Å². The molecule has 4 heteroatoms. The van der Waals surface area contributed by atoms with Crippen molar-refractivity contribution in [3.63, 3.8) is 0 Å².